The van der Waals surface area contributed by atoms with Crippen LogP contribution in [0.3, 0.4) is 0 Å². The van der Waals surface area contributed by atoms with Crippen LogP contribution in [-0.4, -0.2) is 32.3 Å². The summed E-state index contributed by atoms with van der Waals surface area (Å²) >= 11 is 0. The maximum atomic E-state index is 13.1. The van der Waals surface area contributed by atoms with Crippen LogP contribution in [0.1, 0.15) is 36.0 Å². The first-order valence-electron chi connectivity index (χ1n) is 9.94. The van der Waals surface area contributed by atoms with Crippen LogP contribution in [0, 0.1) is 5.92 Å². The predicted octanol–water partition coefficient (Wildman–Crippen LogP) is 2.01. The minimum absolute atomic E-state index is 0.00735. The quantitative estimate of drug-likeness (QED) is 0.495. The Bertz CT molecular complexity index is 1130. The van der Waals surface area contributed by atoms with Crippen molar-refractivity contribution in [1.29, 1.82) is 0 Å². The summed E-state index contributed by atoms with van der Waals surface area (Å²) in [6.07, 6.45) is -0.811. The first-order valence-corrected chi connectivity index (χ1v) is 11.6. The molecule has 2 aromatic carbocycles. The fourth-order valence-corrected chi connectivity index (χ4v) is 5.81. The van der Waals surface area contributed by atoms with E-state index in [1.165, 1.54) is 18.2 Å². The highest BCUT2D eigenvalue weighted by atomic mass is 32.2. The van der Waals surface area contributed by atoms with Crippen molar-refractivity contribution in [1.82, 2.24) is 0 Å². The maximum absolute atomic E-state index is 13.1. The number of rotatable bonds is 7. The van der Waals surface area contributed by atoms with Gasteiger partial charge in [0.05, 0.1) is 17.3 Å². The fraction of sp³-hybridized carbons (Fsp3) is 0.381. The average molecular weight is 449 g/mol. The molecule has 2 aliphatic rings. The lowest BCUT2D eigenvalue weighted by atomic mass is 9.78. The van der Waals surface area contributed by atoms with Crippen LogP contribution in [0.2, 0.25) is 0 Å². The zero-order chi connectivity index (χ0) is 22.4. The van der Waals surface area contributed by atoms with E-state index in [0.29, 0.717) is 16.7 Å². The van der Waals surface area contributed by atoms with E-state index in [0.717, 1.165) is 5.56 Å². The van der Waals surface area contributed by atoms with Crippen LogP contribution in [0.4, 0.5) is 14.5 Å². The monoisotopic (exact) mass is 449 g/mol. The maximum Gasteiger partial charge on any atom is 0.491 e. The first kappa shape index (κ1) is 21.9. The number of hydrogen-bond acceptors (Lipinski definition) is 6. The van der Waals surface area contributed by atoms with Gasteiger partial charge in [0, 0.05) is 31.4 Å². The van der Waals surface area contributed by atoms with Crippen molar-refractivity contribution in [3.63, 3.8) is 0 Å². The normalized spacial score (nSPS) is 18.0. The molecule has 0 amide bonds. The molecule has 0 bridgehead atoms. The number of nitrogen functional groups attached to an aromatic ring is 1. The molecule has 1 heterocycles. The predicted molar refractivity (Wildman–Crippen MR) is 112 cm³/mol. The molecular formula is C21H22BF2NO5S. The number of halogens is 2. The second-order valence-electron chi connectivity index (χ2n) is 8.37. The van der Waals surface area contributed by atoms with Gasteiger partial charge in [-0.3, -0.25) is 4.79 Å². The zero-order valence-corrected chi connectivity index (χ0v) is 17.5. The minimum atomic E-state index is -3.83. The van der Waals surface area contributed by atoms with E-state index in [9.17, 15) is 27.0 Å². The standard InChI is InChI=1S/C21H22BF2NO5S/c23-21(24)9-14(10-21)5-18(26)8-16-7-17(25)3-4-20(16)31(28,29)12-13-1-2-15-11-30-22(27)19(15)6-13/h1-4,6-7,14,27H,5,8-12,25H2. The van der Waals surface area contributed by atoms with E-state index >= 15 is 0 Å². The van der Waals surface area contributed by atoms with Crippen molar-refractivity contribution >= 4 is 33.9 Å². The number of anilines is 1. The third kappa shape index (κ3) is 4.81. The molecular weight excluding hydrogens is 427 g/mol. The lowest BCUT2D eigenvalue weighted by Crippen LogP contribution is -2.36. The molecule has 0 atom stereocenters. The fourth-order valence-electron chi connectivity index (χ4n) is 4.23. The molecule has 0 aromatic heterocycles. The third-order valence-electron chi connectivity index (χ3n) is 5.73. The largest absolute Gasteiger partial charge is 0.491 e. The molecule has 3 N–H and O–H groups in total. The number of carbonyl (C=O) groups excluding carboxylic acids is 1. The number of ketones is 1. The molecule has 164 valence electrons. The Balaban J connectivity index is 1.53. The Kier molecular flexibility index (Phi) is 5.65. The average Bonchev–Trinajstić information content (AvgIpc) is 3.00. The van der Waals surface area contributed by atoms with Gasteiger partial charge in [-0.05, 0) is 46.3 Å². The molecule has 1 aliphatic heterocycles. The van der Waals surface area contributed by atoms with Gasteiger partial charge in [0.1, 0.15) is 5.78 Å². The molecule has 1 saturated carbocycles. The highest BCUT2D eigenvalue weighted by Gasteiger charge is 2.45. The van der Waals surface area contributed by atoms with Gasteiger partial charge >= 0.3 is 7.12 Å². The van der Waals surface area contributed by atoms with E-state index in [2.05, 4.69) is 0 Å². The highest BCUT2D eigenvalue weighted by molar-refractivity contribution is 7.90. The number of Topliss-reactive ketones (excluding diaryl/α,β-unsaturated/α-hetero) is 1. The summed E-state index contributed by atoms with van der Waals surface area (Å²) in [7, 11) is -4.91. The minimum Gasteiger partial charge on any atom is -0.423 e. The summed E-state index contributed by atoms with van der Waals surface area (Å²) in [5, 5.41) is 9.85. The van der Waals surface area contributed by atoms with Crippen molar-refractivity contribution in [2.45, 2.75) is 48.9 Å². The number of sulfone groups is 1. The lowest BCUT2D eigenvalue weighted by Gasteiger charge is -2.34. The van der Waals surface area contributed by atoms with Gasteiger partial charge in [-0.25, -0.2) is 17.2 Å². The molecule has 4 rings (SSSR count). The number of hydrogen-bond donors (Lipinski definition) is 2. The van der Waals surface area contributed by atoms with E-state index in [-0.39, 0.29) is 60.2 Å². The van der Waals surface area contributed by atoms with Gasteiger partial charge in [0.25, 0.3) is 0 Å². The molecule has 10 heteroatoms. The highest BCUT2D eigenvalue weighted by Crippen LogP contribution is 2.44. The van der Waals surface area contributed by atoms with Crippen molar-refractivity contribution in [2.75, 3.05) is 5.73 Å². The summed E-state index contributed by atoms with van der Waals surface area (Å²) < 4.78 is 57.4. The number of fused-ring (bicyclic) bond motifs is 1. The van der Waals surface area contributed by atoms with Crippen molar-refractivity contribution < 1.29 is 31.7 Å². The van der Waals surface area contributed by atoms with Gasteiger partial charge in [-0.2, -0.15) is 0 Å². The summed E-state index contributed by atoms with van der Waals surface area (Å²) in [6, 6.07) is 9.25. The van der Waals surface area contributed by atoms with Crippen molar-refractivity contribution in [2.24, 2.45) is 5.92 Å². The Labute approximate surface area is 179 Å². The van der Waals surface area contributed by atoms with Crippen LogP contribution in [0.25, 0.3) is 0 Å². The number of carbonyl (C=O) groups is 1. The van der Waals surface area contributed by atoms with Crippen LogP contribution < -0.4 is 11.2 Å². The molecule has 31 heavy (non-hydrogen) atoms. The van der Waals surface area contributed by atoms with Gasteiger partial charge in [0.2, 0.25) is 5.92 Å². The Hall–Kier alpha value is -2.30. The Morgan fingerprint density at radius 2 is 1.97 bits per heavy atom. The second-order valence-corrected chi connectivity index (χ2v) is 10.3. The number of benzene rings is 2. The van der Waals surface area contributed by atoms with Gasteiger partial charge in [0.15, 0.2) is 9.84 Å². The van der Waals surface area contributed by atoms with Crippen LogP contribution >= 0.6 is 0 Å². The van der Waals surface area contributed by atoms with E-state index in [4.69, 9.17) is 10.4 Å². The molecule has 0 saturated heterocycles. The van der Waals surface area contributed by atoms with E-state index in [1.54, 1.807) is 18.2 Å². The smallest absolute Gasteiger partial charge is 0.423 e. The molecule has 1 fully saturated rings. The first-order chi connectivity index (χ1) is 14.5. The summed E-state index contributed by atoms with van der Waals surface area (Å²) in [4.78, 5) is 12.4. The topological polar surface area (TPSA) is 107 Å². The van der Waals surface area contributed by atoms with E-state index < -0.39 is 22.9 Å². The van der Waals surface area contributed by atoms with Gasteiger partial charge < -0.3 is 15.4 Å². The summed E-state index contributed by atoms with van der Waals surface area (Å²) in [5.74, 6) is -3.69. The Morgan fingerprint density at radius 3 is 2.68 bits per heavy atom. The molecule has 0 radical (unpaired) electrons. The molecule has 1 aliphatic carbocycles. The van der Waals surface area contributed by atoms with Crippen LogP contribution in [0.5, 0.6) is 0 Å². The summed E-state index contributed by atoms with van der Waals surface area (Å²) in [5.41, 5.74) is 8.20. The van der Waals surface area contributed by atoms with Crippen LogP contribution in [0.15, 0.2) is 41.3 Å². The van der Waals surface area contributed by atoms with E-state index in [1.807, 2.05) is 0 Å². The summed E-state index contributed by atoms with van der Waals surface area (Å²) in [6.45, 7) is 0.265. The lowest BCUT2D eigenvalue weighted by molar-refractivity contribution is -0.131. The third-order valence-corrected chi connectivity index (χ3v) is 7.51. The number of alkyl halides is 2. The Morgan fingerprint density at radius 1 is 1.23 bits per heavy atom. The van der Waals surface area contributed by atoms with Crippen molar-refractivity contribution in [3.8, 4) is 0 Å². The second kappa shape index (κ2) is 8.00. The molecule has 0 unspecified atom stereocenters. The van der Waals surface area contributed by atoms with Crippen LogP contribution in [-0.2, 0) is 38.1 Å². The zero-order valence-electron chi connectivity index (χ0n) is 16.7. The van der Waals surface area contributed by atoms with Gasteiger partial charge in [-0.1, -0.05) is 18.2 Å². The van der Waals surface area contributed by atoms with Crippen molar-refractivity contribution in [3.05, 3.63) is 53.1 Å². The molecule has 6 nitrogen and oxygen atoms in total. The number of nitrogens with two attached hydrogens (primary N) is 1. The van der Waals surface area contributed by atoms with Gasteiger partial charge in [-0.15, -0.1) is 0 Å². The SMILES string of the molecule is Nc1ccc(S(=O)(=O)Cc2ccc3c(c2)B(O)OC3)c(CC(=O)CC2CC(F)(F)C2)c1. The molecule has 0 spiro atoms. The molecule has 2 aromatic rings.